The number of hydrazone groups is 1. The van der Waals surface area contributed by atoms with Gasteiger partial charge in [-0.15, -0.1) is 0 Å². The molecule has 0 aliphatic carbocycles. The van der Waals surface area contributed by atoms with Gasteiger partial charge in [-0.05, 0) is 61.9 Å². The summed E-state index contributed by atoms with van der Waals surface area (Å²) in [6, 6.07) is 17.6. The van der Waals surface area contributed by atoms with Crippen molar-refractivity contribution in [2.24, 2.45) is 5.10 Å². The number of nitrogens with one attached hydrogen (secondary N) is 1. The van der Waals surface area contributed by atoms with Gasteiger partial charge >= 0.3 is 0 Å². The minimum atomic E-state index is -4.16. The highest BCUT2D eigenvalue weighted by Gasteiger charge is 2.27. The second kappa shape index (κ2) is 12.5. The largest absolute Gasteiger partial charge is 0.490 e. The smallest absolute Gasteiger partial charge is 0.269 e. The molecule has 3 aromatic carbocycles. The molecule has 0 aliphatic rings. The van der Waals surface area contributed by atoms with Gasteiger partial charge in [0.05, 0.1) is 34.9 Å². The van der Waals surface area contributed by atoms with Crippen molar-refractivity contribution in [2.45, 2.75) is 18.7 Å². The summed E-state index contributed by atoms with van der Waals surface area (Å²) in [6.45, 7) is 4.00. The normalized spacial score (nSPS) is 11.2. The van der Waals surface area contributed by atoms with Crippen LogP contribution in [-0.2, 0) is 14.8 Å². The Hall–Kier alpha value is -4.45. The molecule has 0 aromatic heterocycles. The van der Waals surface area contributed by atoms with Crippen LogP contribution in [0.2, 0.25) is 0 Å². The molecule has 0 unspecified atom stereocenters. The summed E-state index contributed by atoms with van der Waals surface area (Å²) in [7, 11) is -4.16. The lowest BCUT2D eigenvalue weighted by Gasteiger charge is -2.23. The summed E-state index contributed by atoms with van der Waals surface area (Å²) in [5.41, 5.74) is 2.81. The van der Waals surface area contributed by atoms with Crippen LogP contribution in [0.1, 0.15) is 19.4 Å². The predicted molar refractivity (Wildman–Crippen MR) is 139 cm³/mol. The highest BCUT2D eigenvalue weighted by atomic mass is 32.2. The zero-order valence-corrected chi connectivity index (χ0v) is 21.1. The minimum Gasteiger partial charge on any atom is -0.490 e. The molecule has 11 nitrogen and oxygen atoms in total. The average Bonchev–Trinajstić information content (AvgIpc) is 2.89. The lowest BCUT2D eigenvalue weighted by molar-refractivity contribution is -0.384. The van der Waals surface area contributed by atoms with Crippen LogP contribution in [0.4, 0.5) is 11.4 Å². The van der Waals surface area contributed by atoms with E-state index < -0.39 is 27.4 Å². The van der Waals surface area contributed by atoms with Crippen molar-refractivity contribution in [3.63, 3.8) is 0 Å². The topological polar surface area (TPSA) is 140 Å². The van der Waals surface area contributed by atoms with E-state index in [1.54, 1.807) is 36.4 Å². The van der Waals surface area contributed by atoms with E-state index in [9.17, 15) is 23.3 Å². The molecular formula is C25H26N4O7S. The Morgan fingerprint density at radius 3 is 2.27 bits per heavy atom. The number of ether oxygens (including phenoxy) is 2. The Kier molecular flexibility index (Phi) is 9.16. The molecule has 0 saturated heterocycles. The fourth-order valence-electron chi connectivity index (χ4n) is 3.27. The molecule has 0 atom stereocenters. The van der Waals surface area contributed by atoms with Crippen molar-refractivity contribution < 1.29 is 27.6 Å². The van der Waals surface area contributed by atoms with Gasteiger partial charge in [0.1, 0.15) is 6.54 Å². The van der Waals surface area contributed by atoms with E-state index in [-0.39, 0.29) is 16.3 Å². The van der Waals surface area contributed by atoms with Crippen molar-refractivity contribution in [1.29, 1.82) is 0 Å². The van der Waals surface area contributed by atoms with Gasteiger partial charge in [-0.2, -0.15) is 5.10 Å². The number of nitro groups is 1. The van der Waals surface area contributed by atoms with Gasteiger partial charge in [0.25, 0.3) is 21.6 Å². The third-order valence-corrected chi connectivity index (χ3v) is 6.73. The Labute approximate surface area is 214 Å². The molecule has 3 aromatic rings. The lowest BCUT2D eigenvalue weighted by atomic mass is 10.2. The quantitative estimate of drug-likeness (QED) is 0.215. The predicted octanol–water partition coefficient (Wildman–Crippen LogP) is 3.74. The Balaban J connectivity index is 1.81. The van der Waals surface area contributed by atoms with Crippen LogP contribution < -0.4 is 19.2 Å². The summed E-state index contributed by atoms with van der Waals surface area (Å²) in [6.07, 6.45) is 1.39. The number of nitrogens with zero attached hydrogens (tertiary/aromatic N) is 3. The lowest BCUT2D eigenvalue weighted by Crippen LogP contribution is -2.39. The van der Waals surface area contributed by atoms with Gasteiger partial charge in [0.2, 0.25) is 0 Å². The number of amides is 1. The van der Waals surface area contributed by atoms with E-state index in [0.29, 0.717) is 30.3 Å². The molecule has 1 N–H and O–H groups in total. The summed E-state index contributed by atoms with van der Waals surface area (Å²) >= 11 is 0. The number of rotatable bonds is 12. The van der Waals surface area contributed by atoms with Gasteiger partial charge in [0.15, 0.2) is 11.5 Å². The van der Waals surface area contributed by atoms with Gasteiger partial charge in [-0.1, -0.05) is 18.2 Å². The van der Waals surface area contributed by atoms with Crippen LogP contribution in [0.15, 0.2) is 82.8 Å². The molecular weight excluding hydrogens is 500 g/mol. The second-order valence-corrected chi connectivity index (χ2v) is 9.33. The fourth-order valence-corrected chi connectivity index (χ4v) is 4.71. The minimum absolute atomic E-state index is 0.0394. The third-order valence-electron chi connectivity index (χ3n) is 4.94. The maximum atomic E-state index is 13.3. The highest BCUT2D eigenvalue weighted by Crippen LogP contribution is 2.28. The number of non-ortho nitro benzene ring substituents is 1. The summed E-state index contributed by atoms with van der Waals surface area (Å²) < 4.78 is 38.6. The third kappa shape index (κ3) is 7.04. The zero-order chi connectivity index (χ0) is 26.8. The van der Waals surface area contributed by atoms with Crippen LogP contribution in [0, 0.1) is 10.1 Å². The molecule has 0 heterocycles. The standard InChI is InChI=1S/C25H26N4O7S/c1-3-35-23-15-10-19(16-24(23)36-4-2)17-26-27-25(30)18-28(20-11-13-21(14-12-20)29(31)32)37(33,34)22-8-6-5-7-9-22/h5-17H,3-4,18H2,1-2H3,(H,27,30)/b26-17-. The first kappa shape index (κ1) is 27.1. The molecule has 1 amide bonds. The maximum Gasteiger partial charge on any atom is 0.269 e. The van der Waals surface area contributed by atoms with Crippen LogP contribution in [0.25, 0.3) is 0 Å². The number of hydrogen-bond donors (Lipinski definition) is 1. The van der Waals surface area contributed by atoms with Gasteiger partial charge in [-0.3, -0.25) is 19.2 Å². The van der Waals surface area contributed by atoms with Crippen LogP contribution >= 0.6 is 0 Å². The first-order chi connectivity index (χ1) is 17.8. The number of nitro benzene ring substituents is 1. The second-order valence-electron chi connectivity index (χ2n) is 7.46. The van der Waals surface area contributed by atoms with Crippen LogP contribution in [0.3, 0.4) is 0 Å². The highest BCUT2D eigenvalue weighted by molar-refractivity contribution is 7.92. The molecule has 0 saturated carbocycles. The fraction of sp³-hybridized carbons (Fsp3) is 0.200. The molecule has 194 valence electrons. The summed E-state index contributed by atoms with van der Waals surface area (Å²) in [5, 5.41) is 14.9. The Morgan fingerprint density at radius 1 is 1.00 bits per heavy atom. The van der Waals surface area contributed by atoms with Gasteiger partial charge in [0, 0.05) is 12.1 Å². The van der Waals surface area contributed by atoms with Crippen molar-refractivity contribution in [3.05, 3.63) is 88.5 Å². The van der Waals surface area contributed by atoms with E-state index in [1.165, 1.54) is 42.6 Å². The first-order valence-electron chi connectivity index (χ1n) is 11.3. The number of hydrogen-bond acceptors (Lipinski definition) is 8. The molecule has 0 aliphatic heterocycles. The SMILES string of the molecule is CCOc1ccc(/C=N\NC(=O)CN(c2ccc([N+](=O)[O-])cc2)S(=O)(=O)c2ccccc2)cc1OCC. The first-order valence-corrected chi connectivity index (χ1v) is 12.7. The molecule has 12 heteroatoms. The summed E-state index contributed by atoms with van der Waals surface area (Å²) in [5.74, 6) is 0.387. The molecule has 0 fully saturated rings. The van der Waals surface area contributed by atoms with Crippen molar-refractivity contribution in [3.8, 4) is 11.5 Å². The van der Waals surface area contributed by atoms with E-state index >= 15 is 0 Å². The number of anilines is 1. The summed E-state index contributed by atoms with van der Waals surface area (Å²) in [4.78, 5) is 23.1. The number of sulfonamides is 1. The molecule has 0 bridgehead atoms. The van der Waals surface area contributed by atoms with Crippen molar-refractivity contribution in [1.82, 2.24) is 5.43 Å². The van der Waals surface area contributed by atoms with Gasteiger partial charge < -0.3 is 9.47 Å². The number of carbonyl (C=O) groups excluding carboxylic acids is 1. The molecule has 37 heavy (non-hydrogen) atoms. The Bertz CT molecular complexity index is 1360. The number of benzene rings is 3. The zero-order valence-electron chi connectivity index (χ0n) is 20.2. The van der Waals surface area contributed by atoms with E-state index in [4.69, 9.17) is 9.47 Å². The Morgan fingerprint density at radius 2 is 1.65 bits per heavy atom. The van der Waals surface area contributed by atoms with Crippen LogP contribution in [-0.4, -0.2) is 45.2 Å². The van der Waals surface area contributed by atoms with Crippen LogP contribution in [0.5, 0.6) is 11.5 Å². The molecule has 3 rings (SSSR count). The van der Waals surface area contributed by atoms with Crippen molar-refractivity contribution >= 4 is 33.5 Å². The molecule has 0 radical (unpaired) electrons. The van der Waals surface area contributed by atoms with E-state index in [0.717, 1.165) is 4.31 Å². The van der Waals surface area contributed by atoms with E-state index in [1.807, 2.05) is 13.8 Å². The van der Waals surface area contributed by atoms with Crippen molar-refractivity contribution in [2.75, 3.05) is 24.1 Å². The average molecular weight is 527 g/mol. The molecule has 0 spiro atoms. The number of carbonyl (C=O) groups is 1. The monoisotopic (exact) mass is 526 g/mol. The van der Waals surface area contributed by atoms with Gasteiger partial charge in [-0.25, -0.2) is 13.8 Å². The van der Waals surface area contributed by atoms with E-state index in [2.05, 4.69) is 10.5 Å². The maximum absolute atomic E-state index is 13.3.